The number of hydrogen-bond acceptors (Lipinski definition) is 5. The van der Waals surface area contributed by atoms with Crippen molar-refractivity contribution in [2.24, 2.45) is 0 Å². The summed E-state index contributed by atoms with van der Waals surface area (Å²) in [5, 5.41) is 16.7. The van der Waals surface area contributed by atoms with Gasteiger partial charge in [-0.25, -0.2) is 0 Å². The van der Waals surface area contributed by atoms with Gasteiger partial charge in [0.15, 0.2) is 5.82 Å². The van der Waals surface area contributed by atoms with Crippen molar-refractivity contribution in [2.75, 3.05) is 0 Å². The lowest BCUT2D eigenvalue weighted by molar-refractivity contribution is 0.652. The second-order valence-corrected chi connectivity index (χ2v) is 3.82. The van der Waals surface area contributed by atoms with Crippen LogP contribution in [0, 0.1) is 0 Å². The topological polar surface area (TPSA) is 79.4 Å². The van der Waals surface area contributed by atoms with E-state index in [1.54, 1.807) is 6.20 Å². The van der Waals surface area contributed by atoms with Gasteiger partial charge in [-0.05, 0) is 28.1 Å². The Morgan fingerprint density at radius 1 is 1.33 bits per heavy atom. The lowest BCUT2D eigenvalue weighted by Gasteiger charge is -2.00. The van der Waals surface area contributed by atoms with Gasteiger partial charge in [-0.15, -0.1) is 10.2 Å². The summed E-state index contributed by atoms with van der Waals surface area (Å²) in [6.45, 7) is 1.26. The molecule has 2 heterocycles. The van der Waals surface area contributed by atoms with E-state index in [0.29, 0.717) is 18.9 Å². The molecule has 2 rings (SSSR count). The highest BCUT2D eigenvalue weighted by atomic mass is 79.9. The molecule has 15 heavy (non-hydrogen) atoms. The van der Waals surface area contributed by atoms with Crippen LogP contribution < -0.4 is 5.32 Å². The standard InChI is InChI=1S/C8H9BrN6/c9-6-1-2-7(11-3-6)4-10-5-8-12-14-15-13-8/h1-3,10H,4-5H2,(H,12,13,14,15). The fourth-order valence-electron chi connectivity index (χ4n) is 1.07. The first kappa shape index (κ1) is 10.2. The molecule has 0 fully saturated rings. The Morgan fingerprint density at radius 3 is 2.93 bits per heavy atom. The van der Waals surface area contributed by atoms with Crippen molar-refractivity contribution in [2.45, 2.75) is 13.1 Å². The minimum absolute atomic E-state index is 0.578. The van der Waals surface area contributed by atoms with E-state index in [1.807, 2.05) is 12.1 Å². The van der Waals surface area contributed by atoms with Crippen molar-refractivity contribution in [1.29, 1.82) is 0 Å². The van der Waals surface area contributed by atoms with Crippen molar-refractivity contribution in [3.05, 3.63) is 34.3 Å². The lowest BCUT2D eigenvalue weighted by Crippen LogP contribution is -2.14. The van der Waals surface area contributed by atoms with Gasteiger partial charge < -0.3 is 5.32 Å². The number of hydrogen-bond donors (Lipinski definition) is 2. The second kappa shape index (κ2) is 4.94. The van der Waals surface area contributed by atoms with Crippen molar-refractivity contribution in [1.82, 2.24) is 30.9 Å². The summed E-state index contributed by atoms with van der Waals surface area (Å²) < 4.78 is 0.976. The van der Waals surface area contributed by atoms with Gasteiger partial charge in [0.25, 0.3) is 0 Å². The Balaban J connectivity index is 1.81. The van der Waals surface area contributed by atoms with Crippen LogP contribution in [0.2, 0.25) is 0 Å². The summed E-state index contributed by atoms with van der Waals surface area (Å²) in [7, 11) is 0. The molecule has 0 amide bonds. The molecule has 7 heteroatoms. The molecule has 78 valence electrons. The first-order chi connectivity index (χ1) is 7.34. The number of halogens is 1. The maximum Gasteiger partial charge on any atom is 0.188 e. The lowest BCUT2D eigenvalue weighted by atomic mass is 10.3. The van der Waals surface area contributed by atoms with Gasteiger partial charge >= 0.3 is 0 Å². The highest BCUT2D eigenvalue weighted by Gasteiger charge is 1.98. The fraction of sp³-hybridized carbons (Fsp3) is 0.250. The van der Waals surface area contributed by atoms with E-state index in [2.05, 4.69) is 46.9 Å². The van der Waals surface area contributed by atoms with Crippen LogP contribution in [0.3, 0.4) is 0 Å². The molecular formula is C8H9BrN6. The molecule has 0 aliphatic heterocycles. The van der Waals surface area contributed by atoms with Crippen molar-refractivity contribution in [3.63, 3.8) is 0 Å². The number of rotatable bonds is 4. The number of nitrogens with one attached hydrogen (secondary N) is 2. The zero-order valence-electron chi connectivity index (χ0n) is 7.81. The molecule has 0 bridgehead atoms. The molecule has 0 saturated carbocycles. The number of pyridine rings is 1. The van der Waals surface area contributed by atoms with Gasteiger partial charge in [0.1, 0.15) is 0 Å². The van der Waals surface area contributed by atoms with Crippen LogP contribution in [0.15, 0.2) is 22.8 Å². The molecule has 0 aliphatic rings. The summed E-state index contributed by atoms with van der Waals surface area (Å²) >= 11 is 3.33. The van der Waals surface area contributed by atoms with Gasteiger partial charge in [0.05, 0.1) is 12.2 Å². The Bertz CT molecular complexity index is 398. The monoisotopic (exact) mass is 268 g/mol. The van der Waals surface area contributed by atoms with Crippen molar-refractivity contribution in [3.8, 4) is 0 Å². The van der Waals surface area contributed by atoms with Crippen LogP contribution in [0.4, 0.5) is 0 Å². The van der Waals surface area contributed by atoms with Gasteiger partial charge in [-0.2, -0.15) is 5.21 Å². The fourth-order valence-corrected chi connectivity index (χ4v) is 1.31. The van der Waals surface area contributed by atoms with Gasteiger partial charge in [-0.3, -0.25) is 4.98 Å². The molecule has 0 unspecified atom stereocenters. The predicted molar refractivity (Wildman–Crippen MR) is 56.7 cm³/mol. The molecule has 0 spiro atoms. The molecule has 0 atom stereocenters. The second-order valence-electron chi connectivity index (χ2n) is 2.90. The van der Waals surface area contributed by atoms with Crippen LogP contribution in [-0.4, -0.2) is 25.6 Å². The summed E-state index contributed by atoms with van der Waals surface area (Å²) in [6, 6.07) is 3.91. The number of nitrogens with zero attached hydrogens (tertiary/aromatic N) is 4. The molecule has 2 aromatic heterocycles. The first-order valence-corrected chi connectivity index (χ1v) is 5.17. The average Bonchev–Trinajstić information content (AvgIpc) is 2.74. The largest absolute Gasteiger partial charge is 0.304 e. The van der Waals surface area contributed by atoms with Crippen LogP contribution in [-0.2, 0) is 13.1 Å². The van der Waals surface area contributed by atoms with Crippen LogP contribution in [0.1, 0.15) is 11.5 Å². The van der Waals surface area contributed by atoms with E-state index in [4.69, 9.17) is 0 Å². The number of H-pyrrole nitrogens is 1. The highest BCUT2D eigenvalue weighted by Crippen LogP contribution is 2.06. The van der Waals surface area contributed by atoms with E-state index >= 15 is 0 Å². The Morgan fingerprint density at radius 2 is 2.27 bits per heavy atom. The van der Waals surface area contributed by atoms with E-state index < -0.39 is 0 Å². The minimum Gasteiger partial charge on any atom is -0.304 e. The summed E-state index contributed by atoms with van der Waals surface area (Å²) in [6.07, 6.45) is 1.77. The van der Waals surface area contributed by atoms with Crippen LogP contribution >= 0.6 is 15.9 Å². The molecule has 2 aromatic rings. The smallest absolute Gasteiger partial charge is 0.188 e. The molecular weight excluding hydrogens is 260 g/mol. The van der Waals surface area contributed by atoms with Crippen molar-refractivity contribution >= 4 is 15.9 Å². The van der Waals surface area contributed by atoms with Gasteiger partial charge in [0, 0.05) is 17.2 Å². The third kappa shape index (κ3) is 3.07. The molecule has 0 saturated heterocycles. The van der Waals surface area contributed by atoms with E-state index in [1.165, 1.54) is 0 Å². The molecule has 0 aromatic carbocycles. The quantitative estimate of drug-likeness (QED) is 0.851. The average molecular weight is 269 g/mol. The molecule has 2 N–H and O–H groups in total. The van der Waals surface area contributed by atoms with E-state index in [0.717, 1.165) is 10.2 Å². The minimum atomic E-state index is 0.578. The normalized spacial score (nSPS) is 10.5. The Kier molecular flexibility index (Phi) is 3.36. The van der Waals surface area contributed by atoms with Gasteiger partial charge in [0.2, 0.25) is 0 Å². The summed E-state index contributed by atoms with van der Waals surface area (Å²) in [4.78, 5) is 4.22. The SMILES string of the molecule is Brc1ccc(CNCc2nn[nH]n2)nc1. The third-order valence-electron chi connectivity index (χ3n) is 1.77. The zero-order chi connectivity index (χ0) is 10.5. The van der Waals surface area contributed by atoms with E-state index in [-0.39, 0.29) is 0 Å². The molecule has 0 radical (unpaired) electrons. The van der Waals surface area contributed by atoms with E-state index in [9.17, 15) is 0 Å². The predicted octanol–water partition coefficient (Wildman–Crippen LogP) is 0.647. The summed E-state index contributed by atoms with van der Waals surface area (Å²) in [5.41, 5.74) is 0.974. The Labute approximate surface area is 94.6 Å². The van der Waals surface area contributed by atoms with Crippen LogP contribution in [0.25, 0.3) is 0 Å². The maximum absolute atomic E-state index is 4.22. The number of aromatic amines is 1. The maximum atomic E-state index is 4.22. The summed E-state index contributed by atoms with van der Waals surface area (Å²) in [5.74, 6) is 0.645. The molecule has 6 nitrogen and oxygen atoms in total. The molecule has 0 aliphatic carbocycles. The van der Waals surface area contributed by atoms with Gasteiger partial charge in [-0.1, -0.05) is 5.21 Å². The van der Waals surface area contributed by atoms with Crippen molar-refractivity contribution < 1.29 is 0 Å². The first-order valence-electron chi connectivity index (χ1n) is 4.38. The zero-order valence-corrected chi connectivity index (χ0v) is 9.40. The number of tetrazole rings is 1. The Hall–Kier alpha value is -1.34. The van der Waals surface area contributed by atoms with Crippen LogP contribution in [0.5, 0.6) is 0 Å². The number of aromatic nitrogens is 5. The third-order valence-corrected chi connectivity index (χ3v) is 2.24. The highest BCUT2D eigenvalue weighted by molar-refractivity contribution is 9.10.